The highest BCUT2D eigenvalue weighted by Gasteiger charge is 2.33. The van der Waals surface area contributed by atoms with Crippen molar-refractivity contribution in [2.45, 2.75) is 10.6 Å². The van der Waals surface area contributed by atoms with Gasteiger partial charge in [0.2, 0.25) is 0 Å². The number of rotatable bonds is 2. The summed E-state index contributed by atoms with van der Waals surface area (Å²) >= 11 is 4.27. The fraction of sp³-hybridized carbons (Fsp3) is 0.167. The van der Waals surface area contributed by atoms with E-state index in [1.165, 1.54) is 6.07 Å². The number of anilines is 1. The van der Waals surface area contributed by atoms with Crippen LogP contribution in [0.15, 0.2) is 32.3 Å². The van der Waals surface area contributed by atoms with Crippen molar-refractivity contribution in [3.05, 3.63) is 45.2 Å². The number of halogens is 3. The van der Waals surface area contributed by atoms with Crippen molar-refractivity contribution in [3.8, 4) is 0 Å². The van der Waals surface area contributed by atoms with Crippen molar-refractivity contribution < 1.29 is 17.2 Å². The third kappa shape index (κ3) is 2.15. The average molecular weight is 380 g/mol. The Kier molecular flexibility index (Phi) is 3.34. The normalized spacial score (nSPS) is 14.7. The van der Waals surface area contributed by atoms with Gasteiger partial charge in [0, 0.05) is 18.2 Å². The quantitative estimate of drug-likeness (QED) is 0.799. The van der Waals surface area contributed by atoms with E-state index in [2.05, 4.69) is 15.9 Å². The summed E-state index contributed by atoms with van der Waals surface area (Å²) in [5.74, 6) is -1.49. The molecule has 106 valence electrons. The molecule has 8 heteroatoms. The van der Waals surface area contributed by atoms with Crippen molar-refractivity contribution in [2.24, 2.45) is 0 Å². The van der Waals surface area contributed by atoms with E-state index in [1.807, 2.05) is 0 Å². The second-order valence-electron chi connectivity index (χ2n) is 4.27. The number of hydrogen-bond donors (Lipinski definition) is 0. The molecular weight excluding hydrogens is 372 g/mol. The van der Waals surface area contributed by atoms with Crippen LogP contribution in [0, 0.1) is 11.6 Å². The lowest BCUT2D eigenvalue weighted by Crippen LogP contribution is -2.28. The van der Waals surface area contributed by atoms with Gasteiger partial charge in [0.1, 0.15) is 15.8 Å². The Balaban J connectivity index is 2.11. The second-order valence-corrected chi connectivity index (χ2v) is 8.82. The number of thiophene rings is 1. The topological polar surface area (TPSA) is 37.4 Å². The lowest BCUT2D eigenvalue weighted by Gasteiger charge is -2.18. The molecule has 2 aromatic rings. The smallest absolute Gasteiger partial charge is 0.265 e. The summed E-state index contributed by atoms with van der Waals surface area (Å²) in [6.45, 7) is 0.119. The van der Waals surface area contributed by atoms with E-state index in [4.69, 9.17) is 0 Å². The van der Waals surface area contributed by atoms with Crippen LogP contribution in [0.4, 0.5) is 14.5 Å². The minimum absolute atomic E-state index is 0.0898. The molecule has 0 aliphatic carbocycles. The van der Waals surface area contributed by atoms with Gasteiger partial charge in [-0.15, -0.1) is 11.3 Å². The van der Waals surface area contributed by atoms with E-state index >= 15 is 0 Å². The average Bonchev–Trinajstić information content (AvgIpc) is 2.95. The van der Waals surface area contributed by atoms with E-state index in [9.17, 15) is 17.2 Å². The maximum absolute atomic E-state index is 13.7. The molecule has 0 bridgehead atoms. The van der Waals surface area contributed by atoms with E-state index in [1.54, 1.807) is 6.07 Å². The first-order valence-electron chi connectivity index (χ1n) is 5.65. The van der Waals surface area contributed by atoms with Crippen LogP contribution in [0.25, 0.3) is 0 Å². The molecule has 0 atom stereocenters. The molecule has 0 saturated carbocycles. The van der Waals surface area contributed by atoms with Crippen molar-refractivity contribution in [1.29, 1.82) is 0 Å². The molecule has 2 heterocycles. The summed E-state index contributed by atoms with van der Waals surface area (Å²) in [4.78, 5) is 0. The maximum Gasteiger partial charge on any atom is 0.273 e. The number of benzene rings is 1. The summed E-state index contributed by atoms with van der Waals surface area (Å²) in [6.07, 6.45) is 0.243. The van der Waals surface area contributed by atoms with Gasteiger partial charge in [-0.25, -0.2) is 17.2 Å². The van der Waals surface area contributed by atoms with Gasteiger partial charge in [-0.2, -0.15) is 0 Å². The summed E-state index contributed by atoms with van der Waals surface area (Å²) < 4.78 is 53.9. The molecule has 0 fully saturated rings. The molecule has 0 radical (unpaired) electrons. The van der Waals surface area contributed by atoms with Crippen LogP contribution >= 0.6 is 27.3 Å². The van der Waals surface area contributed by atoms with Crippen LogP contribution in [-0.2, 0) is 16.4 Å². The van der Waals surface area contributed by atoms with Crippen molar-refractivity contribution in [2.75, 3.05) is 10.8 Å². The Bertz CT molecular complexity index is 789. The predicted octanol–water partition coefficient (Wildman–Crippen LogP) is 3.54. The summed E-state index contributed by atoms with van der Waals surface area (Å²) in [5, 5.41) is 0. The van der Waals surface area contributed by atoms with Crippen molar-refractivity contribution >= 4 is 43.0 Å². The first-order chi connectivity index (χ1) is 9.39. The molecule has 20 heavy (non-hydrogen) atoms. The summed E-state index contributed by atoms with van der Waals surface area (Å²) in [7, 11) is -3.78. The fourth-order valence-corrected chi connectivity index (χ4v) is 5.80. The van der Waals surface area contributed by atoms with Crippen molar-refractivity contribution in [1.82, 2.24) is 0 Å². The molecule has 3 nitrogen and oxygen atoms in total. The lowest BCUT2D eigenvalue weighted by atomic mass is 10.1. The Morgan fingerprint density at radius 3 is 2.65 bits per heavy atom. The highest BCUT2D eigenvalue weighted by molar-refractivity contribution is 9.11. The predicted molar refractivity (Wildman–Crippen MR) is 76.6 cm³/mol. The van der Waals surface area contributed by atoms with Crippen LogP contribution in [0.5, 0.6) is 0 Å². The summed E-state index contributed by atoms with van der Waals surface area (Å²) in [5.41, 5.74) is 0.331. The molecule has 1 aliphatic rings. The lowest BCUT2D eigenvalue weighted by molar-refractivity contribution is 0.577. The number of hydrogen-bond acceptors (Lipinski definition) is 3. The molecule has 1 aromatic heterocycles. The summed E-state index contributed by atoms with van der Waals surface area (Å²) in [6, 6.07) is 4.93. The fourth-order valence-electron chi connectivity index (χ4n) is 2.19. The Labute approximate surface area is 127 Å². The van der Waals surface area contributed by atoms with E-state index in [0.717, 1.165) is 27.8 Å². The molecule has 0 unspecified atom stereocenters. The zero-order valence-corrected chi connectivity index (χ0v) is 13.2. The van der Waals surface area contributed by atoms with Crippen LogP contribution in [0.2, 0.25) is 0 Å². The third-order valence-electron chi connectivity index (χ3n) is 3.06. The van der Waals surface area contributed by atoms with Crippen LogP contribution in [0.1, 0.15) is 5.56 Å². The zero-order chi connectivity index (χ0) is 14.5. The Morgan fingerprint density at radius 2 is 2.00 bits per heavy atom. The molecule has 1 aromatic carbocycles. The minimum Gasteiger partial charge on any atom is -0.265 e. The van der Waals surface area contributed by atoms with Gasteiger partial charge in [0.25, 0.3) is 10.0 Å². The van der Waals surface area contributed by atoms with Crippen LogP contribution < -0.4 is 4.31 Å². The highest BCUT2D eigenvalue weighted by Crippen LogP contribution is 2.37. The number of sulfonamides is 1. The molecule has 0 amide bonds. The van der Waals surface area contributed by atoms with Gasteiger partial charge in [0.05, 0.1) is 9.47 Å². The molecule has 0 spiro atoms. The monoisotopic (exact) mass is 379 g/mol. The molecule has 0 N–H and O–H groups in total. The first-order valence-corrected chi connectivity index (χ1v) is 8.70. The third-order valence-corrected chi connectivity index (χ3v) is 6.97. The number of nitrogens with zero attached hydrogens (tertiary/aromatic N) is 1. The molecule has 3 rings (SSSR count). The van der Waals surface area contributed by atoms with Gasteiger partial charge in [-0.05, 0) is 40.5 Å². The van der Waals surface area contributed by atoms with Gasteiger partial charge in [0.15, 0.2) is 0 Å². The van der Waals surface area contributed by atoms with Crippen LogP contribution in [-0.4, -0.2) is 15.0 Å². The van der Waals surface area contributed by atoms with Gasteiger partial charge in [-0.3, -0.25) is 4.31 Å². The molecule has 0 saturated heterocycles. The first kappa shape index (κ1) is 14.0. The number of fused-ring (bicyclic) bond motifs is 1. The Hall–Kier alpha value is -0.990. The maximum atomic E-state index is 13.7. The molecular formula is C12H8BrF2NO2S2. The highest BCUT2D eigenvalue weighted by atomic mass is 79.9. The van der Waals surface area contributed by atoms with Crippen molar-refractivity contribution in [3.63, 3.8) is 0 Å². The van der Waals surface area contributed by atoms with E-state index < -0.39 is 21.7 Å². The van der Waals surface area contributed by atoms with E-state index in [0.29, 0.717) is 3.79 Å². The zero-order valence-electron chi connectivity index (χ0n) is 9.94. The standard InChI is InChI=1S/C12H8BrF2NO2S2/c13-11-1-2-12(19-11)20(17,18)16-4-3-8-9(15)5-7(14)6-10(8)16/h1-2,5-6H,3-4H2. The van der Waals surface area contributed by atoms with Gasteiger partial charge >= 0.3 is 0 Å². The second kappa shape index (κ2) is 4.78. The Morgan fingerprint density at radius 1 is 1.25 bits per heavy atom. The SMILES string of the molecule is O=S(=O)(c1ccc(Br)s1)N1CCc2c(F)cc(F)cc21. The van der Waals surface area contributed by atoms with E-state index in [-0.39, 0.29) is 28.4 Å². The minimum atomic E-state index is -3.78. The largest absolute Gasteiger partial charge is 0.273 e. The van der Waals surface area contributed by atoms with Gasteiger partial charge in [-0.1, -0.05) is 0 Å². The van der Waals surface area contributed by atoms with Crippen LogP contribution in [0.3, 0.4) is 0 Å². The van der Waals surface area contributed by atoms with Gasteiger partial charge < -0.3 is 0 Å². The molecule has 1 aliphatic heterocycles.